The molecule has 1 nitrogen and oxygen atoms in total. The molecule has 1 rings (SSSR count). The Bertz CT molecular complexity index is 343. The first-order valence-corrected chi connectivity index (χ1v) is 6.87. The van der Waals surface area contributed by atoms with Crippen LogP contribution in [-0.2, 0) is 6.54 Å². The largest absolute Gasteiger partial charge is 0.310 e. The fourth-order valence-corrected chi connectivity index (χ4v) is 2.18. The molecule has 0 aliphatic heterocycles. The van der Waals surface area contributed by atoms with Crippen molar-refractivity contribution >= 4 is 11.8 Å². The van der Waals surface area contributed by atoms with Crippen molar-refractivity contribution in [2.24, 2.45) is 0 Å². The van der Waals surface area contributed by atoms with E-state index in [1.165, 1.54) is 23.9 Å². The van der Waals surface area contributed by atoms with Gasteiger partial charge in [0.15, 0.2) is 0 Å². The zero-order valence-electron chi connectivity index (χ0n) is 10.5. The maximum absolute atomic E-state index is 13.7. The van der Waals surface area contributed by atoms with Gasteiger partial charge in [-0.05, 0) is 29.9 Å². The summed E-state index contributed by atoms with van der Waals surface area (Å²) in [7, 11) is 0. The second kappa shape index (κ2) is 6.97. The number of halogens is 2. The molecule has 0 heterocycles. The third-order valence-corrected chi connectivity index (χ3v) is 3.51. The predicted octanol–water partition coefficient (Wildman–Crippen LogP) is 3.96. The fraction of sp³-hybridized carbons (Fsp3) is 0.538. The number of hydrogen-bond donors (Lipinski definition) is 1. The molecule has 1 aromatic carbocycles. The topological polar surface area (TPSA) is 12.0 Å². The summed E-state index contributed by atoms with van der Waals surface area (Å²) in [5.41, 5.74) is 0.648. The fourth-order valence-electron chi connectivity index (χ4n) is 1.38. The van der Waals surface area contributed by atoms with Gasteiger partial charge in [-0.1, -0.05) is 20.8 Å². The molecule has 17 heavy (non-hydrogen) atoms. The third-order valence-electron chi connectivity index (χ3n) is 2.22. The van der Waals surface area contributed by atoms with Crippen molar-refractivity contribution < 1.29 is 8.78 Å². The van der Waals surface area contributed by atoms with Crippen LogP contribution in [0.25, 0.3) is 0 Å². The van der Waals surface area contributed by atoms with Crippen LogP contribution in [0.5, 0.6) is 0 Å². The highest BCUT2D eigenvalue weighted by atomic mass is 32.2. The summed E-state index contributed by atoms with van der Waals surface area (Å²) in [6.45, 7) is 6.48. The van der Waals surface area contributed by atoms with Gasteiger partial charge in [-0.15, -0.1) is 11.8 Å². The summed E-state index contributed by atoms with van der Waals surface area (Å²) in [5.74, 6) is -0.176. The van der Waals surface area contributed by atoms with Gasteiger partial charge in [-0.3, -0.25) is 0 Å². The Morgan fingerprint density at radius 2 is 1.82 bits per heavy atom. The Morgan fingerprint density at radius 3 is 2.29 bits per heavy atom. The second-order valence-electron chi connectivity index (χ2n) is 4.27. The Hall–Kier alpha value is -0.610. The van der Waals surface area contributed by atoms with E-state index in [0.717, 1.165) is 12.2 Å². The first-order valence-electron chi connectivity index (χ1n) is 5.88. The molecule has 4 heteroatoms. The van der Waals surface area contributed by atoms with Crippen LogP contribution in [0.3, 0.4) is 0 Å². The molecule has 0 aromatic heterocycles. The third kappa shape index (κ3) is 4.64. The van der Waals surface area contributed by atoms with Crippen LogP contribution in [0.4, 0.5) is 8.78 Å². The monoisotopic (exact) mass is 259 g/mol. The van der Waals surface area contributed by atoms with Crippen molar-refractivity contribution in [2.75, 3.05) is 5.75 Å². The van der Waals surface area contributed by atoms with Gasteiger partial charge in [0.2, 0.25) is 0 Å². The van der Waals surface area contributed by atoms with E-state index in [1.807, 2.05) is 20.8 Å². The molecular weight excluding hydrogens is 240 g/mol. The number of nitrogens with one attached hydrogen (secondary N) is 1. The van der Waals surface area contributed by atoms with E-state index < -0.39 is 11.6 Å². The summed E-state index contributed by atoms with van der Waals surface area (Å²) in [6.07, 6.45) is 0.903. The van der Waals surface area contributed by atoms with Gasteiger partial charge in [-0.2, -0.15) is 0 Å². The Morgan fingerprint density at radius 1 is 1.24 bits per heavy atom. The van der Waals surface area contributed by atoms with Gasteiger partial charge in [-0.25, -0.2) is 8.78 Å². The van der Waals surface area contributed by atoms with Gasteiger partial charge in [0.05, 0.1) is 4.90 Å². The summed E-state index contributed by atoms with van der Waals surface area (Å²) in [4.78, 5) is 0.139. The maximum Gasteiger partial charge on any atom is 0.140 e. The Labute approximate surface area is 106 Å². The van der Waals surface area contributed by atoms with Gasteiger partial charge < -0.3 is 5.32 Å². The van der Waals surface area contributed by atoms with Crippen LogP contribution in [0.1, 0.15) is 32.8 Å². The molecule has 0 atom stereocenters. The number of hydrogen-bond acceptors (Lipinski definition) is 2. The molecule has 0 aliphatic carbocycles. The summed E-state index contributed by atoms with van der Waals surface area (Å²) in [5, 5.41) is 3.14. The van der Waals surface area contributed by atoms with Gasteiger partial charge in [0.1, 0.15) is 11.6 Å². The molecule has 1 aromatic rings. The van der Waals surface area contributed by atoms with E-state index >= 15 is 0 Å². The molecule has 0 unspecified atom stereocenters. The highest BCUT2D eigenvalue weighted by Gasteiger charge is 2.11. The smallest absolute Gasteiger partial charge is 0.140 e. The number of thioether (sulfide) groups is 1. The minimum atomic E-state index is -0.455. The molecule has 0 aliphatic rings. The minimum Gasteiger partial charge on any atom is -0.310 e. The van der Waals surface area contributed by atoms with Crippen molar-refractivity contribution in [3.05, 3.63) is 29.3 Å². The van der Waals surface area contributed by atoms with Crippen LogP contribution in [-0.4, -0.2) is 11.8 Å². The Balaban J connectivity index is 2.78. The summed E-state index contributed by atoms with van der Waals surface area (Å²) >= 11 is 1.24. The molecule has 1 N–H and O–H groups in total. The van der Waals surface area contributed by atoms with Crippen LogP contribution in [0, 0.1) is 11.6 Å². The lowest BCUT2D eigenvalue weighted by Gasteiger charge is -2.10. The summed E-state index contributed by atoms with van der Waals surface area (Å²) < 4.78 is 27.3. The number of rotatable bonds is 6. The minimum absolute atomic E-state index is 0.139. The lowest BCUT2D eigenvalue weighted by atomic mass is 10.2. The van der Waals surface area contributed by atoms with Gasteiger partial charge >= 0.3 is 0 Å². The SMILES string of the molecule is CCCSc1c(F)cc(CNC(C)C)cc1F. The van der Waals surface area contributed by atoms with Crippen LogP contribution >= 0.6 is 11.8 Å². The molecule has 0 fully saturated rings. The first-order chi connectivity index (χ1) is 8.04. The van der Waals surface area contributed by atoms with Crippen molar-refractivity contribution in [1.82, 2.24) is 5.32 Å². The van der Waals surface area contributed by atoms with Crippen LogP contribution in [0.15, 0.2) is 17.0 Å². The zero-order valence-corrected chi connectivity index (χ0v) is 11.3. The summed E-state index contributed by atoms with van der Waals surface area (Å²) in [6, 6.07) is 3.13. The van der Waals surface area contributed by atoms with E-state index in [0.29, 0.717) is 18.2 Å². The van der Waals surface area contributed by atoms with Gasteiger partial charge in [0.25, 0.3) is 0 Å². The highest BCUT2D eigenvalue weighted by Crippen LogP contribution is 2.26. The second-order valence-corrected chi connectivity index (χ2v) is 5.38. The van der Waals surface area contributed by atoms with Crippen LogP contribution in [0.2, 0.25) is 0 Å². The molecule has 0 spiro atoms. The zero-order chi connectivity index (χ0) is 12.8. The quantitative estimate of drug-likeness (QED) is 0.776. The van der Waals surface area contributed by atoms with E-state index in [4.69, 9.17) is 0 Å². The van der Waals surface area contributed by atoms with Crippen molar-refractivity contribution in [1.29, 1.82) is 0 Å². The Kier molecular flexibility index (Phi) is 5.92. The van der Waals surface area contributed by atoms with Crippen molar-refractivity contribution in [2.45, 2.75) is 44.7 Å². The molecule has 0 bridgehead atoms. The highest BCUT2D eigenvalue weighted by molar-refractivity contribution is 7.99. The average Bonchev–Trinajstić information content (AvgIpc) is 2.25. The molecule has 96 valence electrons. The van der Waals surface area contributed by atoms with Crippen molar-refractivity contribution in [3.63, 3.8) is 0 Å². The van der Waals surface area contributed by atoms with E-state index in [2.05, 4.69) is 5.32 Å². The molecule has 0 radical (unpaired) electrons. The standard InChI is InChI=1S/C13H19F2NS/c1-4-5-17-13-11(14)6-10(7-12(13)15)8-16-9(2)3/h6-7,9,16H,4-5,8H2,1-3H3. The van der Waals surface area contributed by atoms with E-state index in [-0.39, 0.29) is 4.90 Å². The predicted molar refractivity (Wildman–Crippen MR) is 69.3 cm³/mol. The van der Waals surface area contributed by atoms with Crippen molar-refractivity contribution in [3.8, 4) is 0 Å². The average molecular weight is 259 g/mol. The van der Waals surface area contributed by atoms with E-state index in [9.17, 15) is 8.78 Å². The molecule has 0 saturated heterocycles. The van der Waals surface area contributed by atoms with E-state index in [1.54, 1.807) is 0 Å². The maximum atomic E-state index is 13.7. The lowest BCUT2D eigenvalue weighted by molar-refractivity contribution is 0.529. The van der Waals surface area contributed by atoms with Gasteiger partial charge in [0, 0.05) is 12.6 Å². The first kappa shape index (κ1) is 14.5. The molecular formula is C13H19F2NS. The van der Waals surface area contributed by atoms with Crippen LogP contribution < -0.4 is 5.32 Å². The lowest BCUT2D eigenvalue weighted by Crippen LogP contribution is -2.22. The normalized spacial score (nSPS) is 11.2. The molecule has 0 saturated carbocycles. The number of benzene rings is 1. The molecule has 0 amide bonds.